The molecule has 0 saturated carbocycles. The molecular formula is C12H24F3N. The lowest BCUT2D eigenvalue weighted by molar-refractivity contribution is -0.149. The van der Waals surface area contributed by atoms with Crippen LogP contribution in [0.4, 0.5) is 13.2 Å². The zero-order valence-electron chi connectivity index (χ0n) is 10.2. The van der Waals surface area contributed by atoms with Crippen molar-refractivity contribution in [2.24, 2.45) is 5.73 Å². The predicted molar refractivity (Wildman–Crippen MR) is 61.3 cm³/mol. The Labute approximate surface area is 96.6 Å². The highest BCUT2D eigenvalue weighted by Crippen LogP contribution is 2.22. The van der Waals surface area contributed by atoms with Gasteiger partial charge in [-0.15, -0.1) is 0 Å². The number of unbranched alkanes of at least 4 members (excludes halogenated alkanes) is 7. The molecule has 4 heteroatoms. The van der Waals surface area contributed by atoms with E-state index in [4.69, 9.17) is 5.73 Å². The molecule has 0 amide bonds. The molecule has 0 aliphatic rings. The Bertz CT molecular complexity index is 157. The minimum atomic E-state index is -4.22. The van der Waals surface area contributed by atoms with Crippen molar-refractivity contribution in [1.82, 2.24) is 0 Å². The van der Waals surface area contributed by atoms with Crippen LogP contribution in [0.1, 0.15) is 64.7 Å². The summed E-state index contributed by atoms with van der Waals surface area (Å²) in [6.45, 7) is 2.17. The maximum Gasteiger partial charge on any atom is 0.403 e. The molecular weight excluding hydrogens is 215 g/mol. The van der Waals surface area contributed by atoms with Gasteiger partial charge in [-0.2, -0.15) is 13.2 Å². The van der Waals surface area contributed by atoms with Crippen molar-refractivity contribution in [3.63, 3.8) is 0 Å². The van der Waals surface area contributed by atoms with Gasteiger partial charge in [-0.25, -0.2) is 0 Å². The molecule has 98 valence electrons. The van der Waals surface area contributed by atoms with Gasteiger partial charge in [0.05, 0.1) is 0 Å². The highest BCUT2D eigenvalue weighted by Gasteiger charge is 2.35. The van der Waals surface area contributed by atoms with Crippen LogP contribution in [0.5, 0.6) is 0 Å². The molecule has 0 aromatic heterocycles. The van der Waals surface area contributed by atoms with Crippen molar-refractivity contribution >= 4 is 0 Å². The number of halogens is 3. The number of alkyl halides is 3. The van der Waals surface area contributed by atoms with Crippen molar-refractivity contribution in [2.45, 2.75) is 76.9 Å². The summed E-state index contributed by atoms with van der Waals surface area (Å²) in [7, 11) is 0. The van der Waals surface area contributed by atoms with E-state index in [1.54, 1.807) is 0 Å². The minimum Gasteiger partial charge on any atom is -0.320 e. The fraction of sp³-hybridized carbons (Fsp3) is 1.00. The van der Waals surface area contributed by atoms with Gasteiger partial charge in [0.1, 0.15) is 6.04 Å². The van der Waals surface area contributed by atoms with Crippen LogP contribution in [0.25, 0.3) is 0 Å². The van der Waals surface area contributed by atoms with Crippen LogP contribution in [-0.4, -0.2) is 12.2 Å². The normalized spacial score (nSPS) is 14.1. The lowest BCUT2D eigenvalue weighted by atomic mass is 10.0. The van der Waals surface area contributed by atoms with Gasteiger partial charge in [0, 0.05) is 0 Å². The summed E-state index contributed by atoms with van der Waals surface area (Å²) in [5.74, 6) is 0. The third kappa shape index (κ3) is 9.01. The Morgan fingerprint density at radius 3 is 1.75 bits per heavy atom. The smallest absolute Gasteiger partial charge is 0.320 e. The molecule has 0 spiro atoms. The highest BCUT2D eigenvalue weighted by atomic mass is 19.4. The molecule has 1 unspecified atom stereocenters. The van der Waals surface area contributed by atoms with Gasteiger partial charge in [0.2, 0.25) is 0 Å². The van der Waals surface area contributed by atoms with E-state index in [1.165, 1.54) is 25.7 Å². The highest BCUT2D eigenvalue weighted by molar-refractivity contribution is 4.69. The van der Waals surface area contributed by atoms with Crippen LogP contribution in [0, 0.1) is 0 Å². The van der Waals surface area contributed by atoms with Gasteiger partial charge in [0.15, 0.2) is 0 Å². The third-order valence-electron chi connectivity index (χ3n) is 2.79. The zero-order chi connectivity index (χ0) is 12.4. The van der Waals surface area contributed by atoms with Gasteiger partial charge in [0.25, 0.3) is 0 Å². The van der Waals surface area contributed by atoms with E-state index in [0.717, 1.165) is 19.3 Å². The average molecular weight is 239 g/mol. The molecule has 0 aromatic rings. The van der Waals surface area contributed by atoms with Gasteiger partial charge in [-0.05, 0) is 6.42 Å². The van der Waals surface area contributed by atoms with E-state index >= 15 is 0 Å². The Kier molecular flexibility index (Phi) is 8.71. The summed E-state index contributed by atoms with van der Waals surface area (Å²) >= 11 is 0. The van der Waals surface area contributed by atoms with Gasteiger partial charge in [-0.1, -0.05) is 58.3 Å². The van der Waals surface area contributed by atoms with Gasteiger partial charge in [-0.3, -0.25) is 0 Å². The van der Waals surface area contributed by atoms with Crippen LogP contribution in [0.15, 0.2) is 0 Å². The van der Waals surface area contributed by atoms with Gasteiger partial charge < -0.3 is 5.73 Å². The van der Waals surface area contributed by atoms with E-state index in [0.29, 0.717) is 6.42 Å². The van der Waals surface area contributed by atoms with Crippen molar-refractivity contribution < 1.29 is 13.2 Å². The van der Waals surface area contributed by atoms with Crippen molar-refractivity contribution in [1.29, 1.82) is 0 Å². The molecule has 0 heterocycles. The number of nitrogens with two attached hydrogens (primary N) is 1. The maximum atomic E-state index is 12.0. The first kappa shape index (κ1) is 15.8. The Morgan fingerprint density at radius 2 is 1.31 bits per heavy atom. The monoisotopic (exact) mass is 239 g/mol. The van der Waals surface area contributed by atoms with Crippen LogP contribution in [-0.2, 0) is 0 Å². The number of rotatable bonds is 9. The summed E-state index contributed by atoms with van der Waals surface area (Å²) in [4.78, 5) is 0. The van der Waals surface area contributed by atoms with Crippen molar-refractivity contribution in [2.75, 3.05) is 0 Å². The second-order valence-corrected chi connectivity index (χ2v) is 4.41. The molecule has 0 radical (unpaired) electrons. The molecule has 0 aliphatic carbocycles. The quantitative estimate of drug-likeness (QED) is 0.593. The van der Waals surface area contributed by atoms with Crippen LogP contribution in [0.3, 0.4) is 0 Å². The first-order valence-electron chi connectivity index (χ1n) is 6.30. The maximum absolute atomic E-state index is 12.0. The van der Waals surface area contributed by atoms with Gasteiger partial charge >= 0.3 is 6.18 Å². The van der Waals surface area contributed by atoms with Crippen LogP contribution >= 0.6 is 0 Å². The summed E-state index contributed by atoms with van der Waals surface area (Å²) in [5, 5.41) is 0. The molecule has 1 atom stereocenters. The van der Waals surface area contributed by atoms with Crippen LogP contribution < -0.4 is 5.73 Å². The summed E-state index contributed by atoms with van der Waals surface area (Å²) in [5.41, 5.74) is 5.01. The SMILES string of the molecule is CCCCCCCCCCC(N)C(F)(F)F. The first-order chi connectivity index (χ1) is 7.48. The second kappa shape index (κ2) is 8.85. The largest absolute Gasteiger partial charge is 0.403 e. The topological polar surface area (TPSA) is 26.0 Å². The fourth-order valence-corrected chi connectivity index (χ4v) is 1.66. The van der Waals surface area contributed by atoms with E-state index < -0.39 is 12.2 Å². The summed E-state index contributed by atoms with van der Waals surface area (Å²) in [6.07, 6.45) is 4.43. The molecule has 16 heavy (non-hydrogen) atoms. The predicted octanol–water partition coefficient (Wildman–Crippen LogP) is 4.41. The Hall–Kier alpha value is -0.250. The molecule has 0 bridgehead atoms. The van der Waals surface area contributed by atoms with E-state index in [2.05, 4.69) is 6.92 Å². The first-order valence-corrected chi connectivity index (χ1v) is 6.30. The molecule has 0 fully saturated rings. The molecule has 2 N–H and O–H groups in total. The number of hydrogen-bond acceptors (Lipinski definition) is 1. The Morgan fingerprint density at radius 1 is 0.875 bits per heavy atom. The minimum absolute atomic E-state index is 0.0679. The lowest BCUT2D eigenvalue weighted by Crippen LogP contribution is -2.37. The lowest BCUT2D eigenvalue weighted by Gasteiger charge is -2.14. The van der Waals surface area contributed by atoms with Crippen LogP contribution in [0.2, 0.25) is 0 Å². The van der Waals surface area contributed by atoms with Crippen molar-refractivity contribution in [3.8, 4) is 0 Å². The fourth-order valence-electron chi connectivity index (χ4n) is 1.66. The average Bonchev–Trinajstić information content (AvgIpc) is 2.20. The van der Waals surface area contributed by atoms with E-state index in [9.17, 15) is 13.2 Å². The van der Waals surface area contributed by atoms with E-state index in [-0.39, 0.29) is 6.42 Å². The third-order valence-corrected chi connectivity index (χ3v) is 2.79. The molecule has 0 aromatic carbocycles. The molecule has 0 saturated heterocycles. The van der Waals surface area contributed by atoms with Crippen molar-refractivity contribution in [3.05, 3.63) is 0 Å². The number of hydrogen-bond donors (Lipinski definition) is 1. The Balaban J connectivity index is 3.21. The summed E-state index contributed by atoms with van der Waals surface area (Å²) < 4.78 is 36.1. The zero-order valence-corrected chi connectivity index (χ0v) is 10.2. The molecule has 0 rings (SSSR count). The second-order valence-electron chi connectivity index (χ2n) is 4.41. The van der Waals surface area contributed by atoms with E-state index in [1.807, 2.05) is 0 Å². The molecule has 0 aliphatic heterocycles. The standard InChI is InChI=1S/C12H24F3N/c1-2-3-4-5-6-7-8-9-10-11(16)12(13,14)15/h11H,2-10,16H2,1H3. The molecule has 1 nitrogen and oxygen atoms in total. The summed E-state index contributed by atoms with van der Waals surface area (Å²) in [6, 6.07) is -1.63.